The number of carbonyl (C=O) groups excluding carboxylic acids is 1. The Balaban J connectivity index is 2.69. The number of hydrogen-bond acceptors (Lipinski definition) is 2. The van der Waals surface area contributed by atoms with Gasteiger partial charge in [0.1, 0.15) is 0 Å². The zero-order valence-corrected chi connectivity index (χ0v) is 10.5. The highest BCUT2D eigenvalue weighted by molar-refractivity contribution is 9.09. The first-order valence-corrected chi connectivity index (χ1v) is 5.83. The Labute approximate surface area is 98.6 Å². The summed E-state index contributed by atoms with van der Waals surface area (Å²) in [4.78, 5) is 13.2. The monoisotopic (exact) mass is 270 g/mol. The lowest BCUT2D eigenvalue weighted by atomic mass is 10.2. The molecule has 1 N–H and O–H groups in total. The van der Waals surface area contributed by atoms with Gasteiger partial charge in [-0.1, -0.05) is 28.1 Å². The lowest BCUT2D eigenvalue weighted by Gasteiger charge is -2.11. The van der Waals surface area contributed by atoms with Crippen molar-refractivity contribution in [2.75, 3.05) is 24.7 Å². The Bertz CT molecular complexity index is 339. The molecule has 0 aromatic heterocycles. The van der Waals surface area contributed by atoms with Crippen molar-refractivity contribution in [3.05, 3.63) is 29.8 Å². The van der Waals surface area contributed by atoms with Crippen LogP contribution in [0.25, 0.3) is 0 Å². The number of rotatable bonds is 4. The average molecular weight is 271 g/mol. The van der Waals surface area contributed by atoms with Gasteiger partial charge in [-0.15, -0.1) is 0 Å². The van der Waals surface area contributed by atoms with Crippen LogP contribution < -0.4 is 5.32 Å². The second-order valence-electron chi connectivity index (χ2n) is 3.62. The molecule has 0 unspecified atom stereocenters. The molecule has 0 fully saturated rings. The smallest absolute Gasteiger partial charge is 0.235 e. The summed E-state index contributed by atoms with van der Waals surface area (Å²) in [6.07, 6.45) is 0. The van der Waals surface area contributed by atoms with Crippen LogP contribution in [-0.4, -0.2) is 30.2 Å². The van der Waals surface area contributed by atoms with Crippen LogP contribution in [0.5, 0.6) is 0 Å². The molecular weight excluding hydrogens is 256 g/mol. The van der Waals surface area contributed by atoms with E-state index in [1.807, 2.05) is 38.4 Å². The molecule has 15 heavy (non-hydrogen) atoms. The minimum atomic E-state index is -0.0306. The fourth-order valence-electron chi connectivity index (χ4n) is 1.31. The van der Waals surface area contributed by atoms with Crippen LogP contribution in [0.3, 0.4) is 0 Å². The maximum atomic E-state index is 11.1. The Morgan fingerprint density at radius 3 is 2.80 bits per heavy atom. The summed E-state index contributed by atoms with van der Waals surface area (Å²) in [7, 11) is 4.04. The molecule has 0 bridgehead atoms. The van der Waals surface area contributed by atoms with Gasteiger partial charge < -0.3 is 10.2 Å². The Morgan fingerprint density at radius 2 is 2.20 bits per heavy atom. The summed E-state index contributed by atoms with van der Waals surface area (Å²) >= 11 is 3.11. The molecule has 0 saturated heterocycles. The Kier molecular flexibility index (Phi) is 4.78. The van der Waals surface area contributed by atoms with Crippen molar-refractivity contribution >= 4 is 27.5 Å². The van der Waals surface area contributed by atoms with E-state index in [0.717, 1.165) is 12.2 Å². The quantitative estimate of drug-likeness (QED) is 0.850. The lowest BCUT2D eigenvalue weighted by Crippen LogP contribution is -2.13. The predicted molar refractivity (Wildman–Crippen MR) is 66.3 cm³/mol. The summed E-state index contributed by atoms with van der Waals surface area (Å²) in [6.45, 7) is 0.873. The van der Waals surface area contributed by atoms with Crippen LogP contribution in [0.2, 0.25) is 0 Å². The van der Waals surface area contributed by atoms with E-state index in [4.69, 9.17) is 0 Å². The van der Waals surface area contributed by atoms with Gasteiger partial charge in [-0.05, 0) is 31.8 Å². The highest BCUT2D eigenvalue weighted by atomic mass is 79.9. The van der Waals surface area contributed by atoms with Crippen molar-refractivity contribution in [1.29, 1.82) is 0 Å². The fourth-order valence-corrected chi connectivity index (χ4v) is 1.45. The van der Waals surface area contributed by atoms with Crippen molar-refractivity contribution in [3.63, 3.8) is 0 Å². The molecule has 1 amide bonds. The molecule has 82 valence electrons. The molecule has 1 aromatic rings. The molecule has 4 heteroatoms. The van der Waals surface area contributed by atoms with Crippen molar-refractivity contribution in [1.82, 2.24) is 4.90 Å². The molecule has 3 nitrogen and oxygen atoms in total. The standard InChI is InChI=1S/C11H15BrN2O/c1-14(2)8-9-4-3-5-10(6-9)13-11(15)7-12/h3-6H,7-8H2,1-2H3,(H,13,15). The van der Waals surface area contributed by atoms with Crippen LogP contribution in [0.15, 0.2) is 24.3 Å². The second-order valence-corrected chi connectivity index (χ2v) is 4.18. The number of alkyl halides is 1. The van der Waals surface area contributed by atoms with Gasteiger partial charge in [-0.3, -0.25) is 4.79 Å². The number of carbonyl (C=O) groups is 1. The van der Waals surface area contributed by atoms with Crippen molar-refractivity contribution < 1.29 is 4.79 Å². The Hall–Kier alpha value is -0.870. The number of halogens is 1. The van der Waals surface area contributed by atoms with E-state index < -0.39 is 0 Å². The van der Waals surface area contributed by atoms with Gasteiger partial charge in [0.2, 0.25) is 5.91 Å². The number of nitrogens with one attached hydrogen (secondary N) is 1. The van der Waals surface area contributed by atoms with Crippen LogP contribution in [0, 0.1) is 0 Å². The number of nitrogens with zero attached hydrogens (tertiary/aromatic N) is 1. The zero-order valence-electron chi connectivity index (χ0n) is 8.96. The zero-order chi connectivity index (χ0) is 11.3. The SMILES string of the molecule is CN(C)Cc1cccc(NC(=O)CBr)c1. The average Bonchev–Trinajstić information content (AvgIpc) is 2.17. The van der Waals surface area contributed by atoms with Gasteiger partial charge in [0.05, 0.1) is 5.33 Å². The van der Waals surface area contributed by atoms with E-state index in [0.29, 0.717) is 5.33 Å². The molecule has 1 aromatic carbocycles. The van der Waals surface area contributed by atoms with E-state index in [2.05, 4.69) is 26.1 Å². The van der Waals surface area contributed by atoms with Crippen molar-refractivity contribution in [3.8, 4) is 0 Å². The summed E-state index contributed by atoms with van der Waals surface area (Å²) in [5, 5.41) is 3.13. The first kappa shape index (κ1) is 12.2. The highest BCUT2D eigenvalue weighted by Crippen LogP contribution is 2.11. The van der Waals surface area contributed by atoms with Crippen LogP contribution in [0.4, 0.5) is 5.69 Å². The Morgan fingerprint density at radius 1 is 1.47 bits per heavy atom. The third kappa shape index (κ3) is 4.44. The molecule has 0 saturated carbocycles. The summed E-state index contributed by atoms with van der Waals surface area (Å²) in [5.41, 5.74) is 2.03. The normalized spacial score (nSPS) is 10.4. The maximum Gasteiger partial charge on any atom is 0.235 e. The van der Waals surface area contributed by atoms with Gasteiger partial charge in [-0.2, -0.15) is 0 Å². The number of hydrogen-bond donors (Lipinski definition) is 1. The van der Waals surface area contributed by atoms with Crippen LogP contribution in [0.1, 0.15) is 5.56 Å². The molecule has 0 aliphatic carbocycles. The number of benzene rings is 1. The summed E-state index contributed by atoms with van der Waals surface area (Å²) in [6, 6.07) is 7.87. The maximum absolute atomic E-state index is 11.1. The van der Waals surface area contributed by atoms with Crippen molar-refractivity contribution in [2.24, 2.45) is 0 Å². The van der Waals surface area contributed by atoms with E-state index in [9.17, 15) is 4.79 Å². The third-order valence-corrected chi connectivity index (χ3v) is 2.34. The first-order valence-electron chi connectivity index (χ1n) is 4.71. The molecular formula is C11H15BrN2O. The van der Waals surface area contributed by atoms with E-state index in [-0.39, 0.29) is 5.91 Å². The summed E-state index contributed by atoms with van der Waals surface area (Å²) < 4.78 is 0. The molecule has 0 spiro atoms. The molecule has 0 aliphatic heterocycles. The first-order chi connectivity index (χ1) is 7.11. The van der Waals surface area contributed by atoms with E-state index in [1.54, 1.807) is 0 Å². The van der Waals surface area contributed by atoms with Crippen LogP contribution >= 0.6 is 15.9 Å². The minimum Gasteiger partial charge on any atom is -0.325 e. The van der Waals surface area contributed by atoms with Gasteiger partial charge in [-0.25, -0.2) is 0 Å². The second kappa shape index (κ2) is 5.88. The lowest BCUT2D eigenvalue weighted by molar-refractivity contribution is -0.113. The van der Waals surface area contributed by atoms with Gasteiger partial charge >= 0.3 is 0 Å². The van der Waals surface area contributed by atoms with Gasteiger partial charge in [0, 0.05) is 12.2 Å². The number of anilines is 1. The molecule has 1 rings (SSSR count). The van der Waals surface area contributed by atoms with Crippen molar-refractivity contribution in [2.45, 2.75) is 6.54 Å². The van der Waals surface area contributed by atoms with E-state index >= 15 is 0 Å². The van der Waals surface area contributed by atoms with Crippen LogP contribution in [-0.2, 0) is 11.3 Å². The number of amides is 1. The minimum absolute atomic E-state index is 0.0306. The predicted octanol–water partition coefficient (Wildman–Crippen LogP) is 2.08. The molecule has 0 atom stereocenters. The topological polar surface area (TPSA) is 32.3 Å². The third-order valence-electron chi connectivity index (χ3n) is 1.83. The van der Waals surface area contributed by atoms with E-state index in [1.165, 1.54) is 5.56 Å². The molecule has 0 radical (unpaired) electrons. The largest absolute Gasteiger partial charge is 0.325 e. The fraction of sp³-hybridized carbons (Fsp3) is 0.364. The van der Waals surface area contributed by atoms with Gasteiger partial charge in [0.25, 0.3) is 0 Å². The summed E-state index contributed by atoms with van der Waals surface area (Å²) in [5.74, 6) is -0.0306. The van der Waals surface area contributed by atoms with Gasteiger partial charge in [0.15, 0.2) is 0 Å². The molecule has 0 heterocycles. The molecule has 0 aliphatic rings. The highest BCUT2D eigenvalue weighted by Gasteiger charge is 2.01.